The van der Waals surface area contributed by atoms with Crippen molar-refractivity contribution in [1.82, 2.24) is 9.97 Å². The zero-order chi connectivity index (χ0) is 6.53. The summed E-state index contributed by atoms with van der Waals surface area (Å²) in [4.78, 5) is 7.57. The number of hydrogen-bond donors (Lipinski definition) is 0. The Labute approximate surface area is 58.7 Å². The van der Waals surface area contributed by atoms with E-state index in [0.29, 0.717) is 0 Å². The lowest BCUT2D eigenvalue weighted by Crippen LogP contribution is -1.80. The van der Waals surface area contributed by atoms with E-state index in [1.165, 1.54) is 0 Å². The van der Waals surface area contributed by atoms with Crippen molar-refractivity contribution in [3.8, 4) is 0 Å². The summed E-state index contributed by atoms with van der Waals surface area (Å²) < 4.78 is 0. The van der Waals surface area contributed by atoms with Gasteiger partial charge in [0.2, 0.25) is 0 Å². The van der Waals surface area contributed by atoms with E-state index >= 15 is 0 Å². The van der Waals surface area contributed by atoms with Crippen LogP contribution in [0.2, 0.25) is 0 Å². The highest BCUT2D eigenvalue weighted by Gasteiger charge is 1.88. The molecule has 0 atom stereocenters. The summed E-state index contributed by atoms with van der Waals surface area (Å²) in [6.07, 6.45) is 4.22. The fourth-order valence-corrected chi connectivity index (χ4v) is 1.04. The molecule has 1 radical (unpaired) electrons. The van der Waals surface area contributed by atoms with E-state index in [-0.39, 0.29) is 0 Å². The van der Waals surface area contributed by atoms with Crippen molar-refractivity contribution in [3.05, 3.63) is 18.6 Å². The van der Waals surface area contributed by atoms with Gasteiger partial charge in [0.15, 0.2) is 6.33 Å². The molecule has 0 saturated carbocycles. The first-order valence-corrected chi connectivity index (χ1v) is 3.74. The summed E-state index contributed by atoms with van der Waals surface area (Å²) in [5, 5.41) is 0.993. The highest BCUT2D eigenvalue weighted by molar-refractivity contribution is 7.99. The molecule has 0 aromatic carbocycles. The molecule has 0 amide bonds. The Hall–Kier alpha value is -0.570. The number of rotatable bonds is 2. The molecular weight excluding hydrogens is 132 g/mol. The average Bonchev–Trinajstić information content (AvgIpc) is 1.91. The molecule has 47 valence electrons. The third kappa shape index (κ3) is 2.01. The quantitative estimate of drug-likeness (QED) is 0.457. The minimum Gasteiger partial charge on any atom is -0.234 e. The highest BCUT2D eigenvalue weighted by Crippen LogP contribution is 2.10. The van der Waals surface area contributed by atoms with Gasteiger partial charge in [-0.15, -0.1) is 11.8 Å². The minimum absolute atomic E-state index is 0.993. The first-order valence-electron chi connectivity index (χ1n) is 2.75. The fourth-order valence-electron chi connectivity index (χ4n) is 0.478. The maximum atomic E-state index is 3.90. The van der Waals surface area contributed by atoms with Crippen LogP contribution < -0.4 is 0 Å². The van der Waals surface area contributed by atoms with E-state index < -0.39 is 0 Å². The lowest BCUT2D eigenvalue weighted by atomic mass is 10.7. The van der Waals surface area contributed by atoms with E-state index in [4.69, 9.17) is 0 Å². The van der Waals surface area contributed by atoms with Gasteiger partial charge in [-0.25, -0.2) is 9.97 Å². The smallest absolute Gasteiger partial charge is 0.198 e. The fraction of sp³-hybridized carbons (Fsp3) is 0.333. The van der Waals surface area contributed by atoms with Crippen molar-refractivity contribution in [2.45, 2.75) is 11.9 Å². The lowest BCUT2D eigenvalue weighted by Gasteiger charge is -1.91. The van der Waals surface area contributed by atoms with E-state index in [9.17, 15) is 0 Å². The predicted molar refractivity (Wildman–Crippen MR) is 37.3 cm³/mol. The number of aromatic nitrogens is 2. The number of hydrogen-bond acceptors (Lipinski definition) is 3. The van der Waals surface area contributed by atoms with E-state index in [2.05, 4.69) is 23.2 Å². The van der Waals surface area contributed by atoms with Crippen LogP contribution in [0.15, 0.2) is 17.3 Å². The summed E-state index contributed by atoms with van der Waals surface area (Å²) in [6, 6.07) is 1.88. The Balaban J connectivity index is 2.61. The standard InChI is InChI=1S/C6H7N2S/c1-2-9-6-3-4-7-5-8-6/h3-4H,2H2,1H3. The SMILES string of the molecule is CCSc1ccn[c]n1. The van der Waals surface area contributed by atoms with E-state index in [0.717, 1.165) is 10.8 Å². The normalized spacial score (nSPS) is 9.44. The van der Waals surface area contributed by atoms with Crippen LogP contribution in [-0.2, 0) is 0 Å². The zero-order valence-electron chi connectivity index (χ0n) is 5.16. The molecule has 1 aromatic heterocycles. The van der Waals surface area contributed by atoms with Crippen molar-refractivity contribution in [2.75, 3.05) is 5.75 Å². The molecule has 0 aliphatic rings. The van der Waals surface area contributed by atoms with Crippen LogP contribution in [0, 0.1) is 6.33 Å². The second-order valence-corrected chi connectivity index (χ2v) is 2.71. The van der Waals surface area contributed by atoms with Crippen LogP contribution in [0.25, 0.3) is 0 Å². The largest absolute Gasteiger partial charge is 0.234 e. The van der Waals surface area contributed by atoms with Crippen LogP contribution in [0.4, 0.5) is 0 Å². The van der Waals surface area contributed by atoms with Gasteiger partial charge in [0.05, 0.1) is 0 Å². The highest BCUT2D eigenvalue weighted by atomic mass is 32.2. The molecule has 1 aromatic rings. The van der Waals surface area contributed by atoms with Crippen LogP contribution in [0.3, 0.4) is 0 Å². The molecule has 0 spiro atoms. The van der Waals surface area contributed by atoms with Crippen molar-refractivity contribution < 1.29 is 0 Å². The van der Waals surface area contributed by atoms with Crippen molar-refractivity contribution in [1.29, 1.82) is 0 Å². The van der Waals surface area contributed by atoms with Crippen molar-refractivity contribution in [2.24, 2.45) is 0 Å². The Kier molecular flexibility index (Phi) is 2.51. The Morgan fingerprint density at radius 3 is 3.22 bits per heavy atom. The van der Waals surface area contributed by atoms with E-state index in [1.54, 1.807) is 18.0 Å². The first-order chi connectivity index (χ1) is 4.43. The molecule has 0 aliphatic heterocycles. The van der Waals surface area contributed by atoms with Crippen molar-refractivity contribution in [3.63, 3.8) is 0 Å². The van der Waals surface area contributed by atoms with Gasteiger partial charge >= 0.3 is 0 Å². The van der Waals surface area contributed by atoms with Crippen LogP contribution in [0.5, 0.6) is 0 Å². The molecule has 0 fully saturated rings. The second kappa shape index (κ2) is 3.45. The van der Waals surface area contributed by atoms with Gasteiger partial charge in [0.25, 0.3) is 0 Å². The monoisotopic (exact) mass is 139 g/mol. The van der Waals surface area contributed by atoms with Gasteiger partial charge in [-0.1, -0.05) is 6.92 Å². The molecular formula is C6H7N2S. The van der Waals surface area contributed by atoms with Crippen molar-refractivity contribution >= 4 is 11.8 Å². The molecule has 1 heterocycles. The van der Waals surface area contributed by atoms with Crippen LogP contribution >= 0.6 is 11.8 Å². The predicted octanol–water partition coefficient (Wildman–Crippen LogP) is 1.39. The summed E-state index contributed by atoms with van der Waals surface area (Å²) in [7, 11) is 0. The Morgan fingerprint density at radius 2 is 2.67 bits per heavy atom. The molecule has 0 aliphatic carbocycles. The van der Waals surface area contributed by atoms with E-state index in [1.807, 2.05) is 6.07 Å². The maximum Gasteiger partial charge on any atom is 0.198 e. The van der Waals surface area contributed by atoms with Gasteiger partial charge < -0.3 is 0 Å². The lowest BCUT2D eigenvalue weighted by molar-refractivity contribution is 1.03. The van der Waals surface area contributed by atoms with Gasteiger partial charge in [-0.05, 0) is 11.8 Å². The maximum absolute atomic E-state index is 3.90. The average molecular weight is 139 g/mol. The number of thioether (sulfide) groups is 1. The summed E-state index contributed by atoms with van der Waals surface area (Å²) in [6.45, 7) is 2.09. The second-order valence-electron chi connectivity index (χ2n) is 1.43. The molecule has 1 rings (SSSR count). The molecule has 0 unspecified atom stereocenters. The third-order valence-electron chi connectivity index (χ3n) is 0.802. The number of nitrogens with zero attached hydrogens (tertiary/aromatic N) is 2. The van der Waals surface area contributed by atoms with Crippen LogP contribution in [0.1, 0.15) is 6.92 Å². The van der Waals surface area contributed by atoms with Gasteiger partial charge in [0.1, 0.15) is 5.03 Å². The summed E-state index contributed by atoms with van der Waals surface area (Å²) in [5.74, 6) is 1.05. The minimum atomic E-state index is 0.993. The summed E-state index contributed by atoms with van der Waals surface area (Å²) >= 11 is 1.69. The third-order valence-corrected chi connectivity index (χ3v) is 1.61. The molecule has 0 N–H and O–H groups in total. The molecule has 9 heavy (non-hydrogen) atoms. The van der Waals surface area contributed by atoms with Gasteiger partial charge in [-0.3, -0.25) is 0 Å². The molecule has 0 bridgehead atoms. The Morgan fingerprint density at radius 1 is 1.78 bits per heavy atom. The summed E-state index contributed by atoms with van der Waals surface area (Å²) in [5.41, 5.74) is 0. The van der Waals surface area contributed by atoms with Crippen LogP contribution in [-0.4, -0.2) is 15.7 Å². The Bertz CT molecular complexity index is 164. The van der Waals surface area contributed by atoms with Gasteiger partial charge in [-0.2, -0.15) is 0 Å². The molecule has 3 heteroatoms. The van der Waals surface area contributed by atoms with Gasteiger partial charge in [0, 0.05) is 6.20 Å². The molecule has 0 saturated heterocycles. The first kappa shape index (κ1) is 6.55. The molecule has 2 nitrogen and oxygen atoms in total. The zero-order valence-corrected chi connectivity index (χ0v) is 5.98. The topological polar surface area (TPSA) is 25.8 Å².